The molecule has 0 saturated carbocycles. The first kappa shape index (κ1) is 26.5. The second-order valence-electron chi connectivity index (χ2n) is 8.52. The van der Waals surface area contributed by atoms with E-state index in [1.807, 2.05) is 27.7 Å². The monoisotopic (exact) mass is 498 g/mol. The molecule has 0 radical (unpaired) electrons. The molecule has 0 heterocycles. The summed E-state index contributed by atoms with van der Waals surface area (Å²) in [7, 11) is 0. The van der Waals surface area contributed by atoms with Gasteiger partial charge in [-0.2, -0.15) is 0 Å². The van der Waals surface area contributed by atoms with Crippen LogP contribution in [0.1, 0.15) is 45.2 Å². The van der Waals surface area contributed by atoms with E-state index in [2.05, 4.69) is 5.32 Å². The van der Waals surface area contributed by atoms with Crippen LogP contribution in [0.25, 0.3) is 0 Å². The number of benzene rings is 2. The van der Waals surface area contributed by atoms with Gasteiger partial charge in [-0.05, 0) is 56.5 Å². The number of hydrogen-bond acceptors (Lipinski definition) is 3. The molecule has 0 bridgehead atoms. The molecule has 0 spiro atoms. The SMILES string of the molecule is CCC(C(=O)NC(C)(C)C)N(Cc1ccc(Cl)c(Cl)c1)C(=O)CSCc1ccccc1F. The number of nitrogens with one attached hydrogen (secondary N) is 1. The molecule has 2 aromatic carbocycles. The Morgan fingerprint density at radius 3 is 2.41 bits per heavy atom. The van der Waals surface area contributed by atoms with Crippen molar-refractivity contribution in [2.24, 2.45) is 0 Å². The number of rotatable bonds is 9. The topological polar surface area (TPSA) is 49.4 Å². The highest BCUT2D eigenvalue weighted by molar-refractivity contribution is 7.99. The largest absolute Gasteiger partial charge is 0.350 e. The fourth-order valence-electron chi connectivity index (χ4n) is 3.15. The smallest absolute Gasteiger partial charge is 0.243 e. The molecule has 0 aromatic heterocycles. The van der Waals surface area contributed by atoms with Crippen molar-refractivity contribution in [3.05, 3.63) is 69.5 Å². The van der Waals surface area contributed by atoms with Gasteiger partial charge in [-0.1, -0.05) is 54.4 Å². The Morgan fingerprint density at radius 1 is 1.12 bits per heavy atom. The van der Waals surface area contributed by atoms with E-state index in [0.717, 1.165) is 5.56 Å². The zero-order valence-electron chi connectivity index (χ0n) is 18.8. The minimum absolute atomic E-state index is 0.120. The van der Waals surface area contributed by atoms with E-state index in [-0.39, 0.29) is 29.9 Å². The number of amides is 2. The molecule has 2 aromatic rings. The maximum atomic E-state index is 13.9. The van der Waals surface area contributed by atoms with Crippen LogP contribution in [0, 0.1) is 5.82 Å². The molecule has 32 heavy (non-hydrogen) atoms. The van der Waals surface area contributed by atoms with Gasteiger partial charge in [-0.3, -0.25) is 9.59 Å². The molecule has 0 saturated heterocycles. The predicted octanol–water partition coefficient (Wildman–Crippen LogP) is 6.09. The first-order valence-corrected chi connectivity index (χ1v) is 12.3. The van der Waals surface area contributed by atoms with Crippen molar-refractivity contribution in [1.29, 1.82) is 0 Å². The number of halogens is 3. The maximum absolute atomic E-state index is 13.9. The molecule has 1 atom stereocenters. The fraction of sp³-hybridized carbons (Fsp3) is 0.417. The van der Waals surface area contributed by atoms with Gasteiger partial charge in [-0.15, -0.1) is 11.8 Å². The van der Waals surface area contributed by atoms with E-state index >= 15 is 0 Å². The maximum Gasteiger partial charge on any atom is 0.243 e. The van der Waals surface area contributed by atoms with Gasteiger partial charge in [-0.25, -0.2) is 4.39 Å². The lowest BCUT2D eigenvalue weighted by atomic mass is 10.1. The van der Waals surface area contributed by atoms with Gasteiger partial charge < -0.3 is 10.2 Å². The Hall–Kier alpha value is -1.76. The van der Waals surface area contributed by atoms with Crippen molar-refractivity contribution >= 4 is 46.8 Å². The zero-order chi connectivity index (χ0) is 23.9. The van der Waals surface area contributed by atoms with Gasteiger partial charge in [0.05, 0.1) is 15.8 Å². The molecule has 4 nitrogen and oxygen atoms in total. The summed E-state index contributed by atoms with van der Waals surface area (Å²) in [4.78, 5) is 27.8. The molecule has 2 rings (SSSR count). The molecule has 0 aliphatic carbocycles. The number of carbonyl (C=O) groups excluding carboxylic acids is 2. The number of thioether (sulfide) groups is 1. The van der Waals surface area contributed by atoms with Crippen molar-refractivity contribution in [2.75, 3.05) is 5.75 Å². The highest BCUT2D eigenvalue weighted by Crippen LogP contribution is 2.25. The third-order valence-electron chi connectivity index (χ3n) is 4.66. The first-order valence-electron chi connectivity index (χ1n) is 10.4. The summed E-state index contributed by atoms with van der Waals surface area (Å²) < 4.78 is 13.9. The van der Waals surface area contributed by atoms with Crippen LogP contribution >= 0.6 is 35.0 Å². The molecule has 1 N–H and O–H groups in total. The van der Waals surface area contributed by atoms with E-state index < -0.39 is 11.6 Å². The number of hydrogen-bond donors (Lipinski definition) is 1. The molecule has 0 aliphatic heterocycles. The highest BCUT2D eigenvalue weighted by atomic mass is 35.5. The third kappa shape index (κ3) is 7.98. The van der Waals surface area contributed by atoms with Gasteiger partial charge in [0.25, 0.3) is 0 Å². The summed E-state index contributed by atoms with van der Waals surface area (Å²) in [5, 5.41) is 3.77. The number of nitrogens with zero attached hydrogens (tertiary/aromatic N) is 1. The van der Waals surface area contributed by atoms with Crippen molar-refractivity contribution in [3.63, 3.8) is 0 Å². The fourth-order valence-corrected chi connectivity index (χ4v) is 4.37. The van der Waals surface area contributed by atoms with Gasteiger partial charge >= 0.3 is 0 Å². The highest BCUT2D eigenvalue weighted by Gasteiger charge is 2.30. The van der Waals surface area contributed by atoms with Crippen LogP contribution in [0.2, 0.25) is 10.0 Å². The predicted molar refractivity (Wildman–Crippen MR) is 132 cm³/mol. The summed E-state index contributed by atoms with van der Waals surface area (Å²) in [6.45, 7) is 7.77. The van der Waals surface area contributed by atoms with Crippen molar-refractivity contribution in [2.45, 2.75) is 58.0 Å². The van der Waals surface area contributed by atoms with Crippen LogP contribution in [0.5, 0.6) is 0 Å². The molecular formula is C24H29Cl2FN2O2S. The Morgan fingerprint density at radius 2 is 1.81 bits per heavy atom. The van der Waals surface area contributed by atoms with Crippen LogP contribution in [0.15, 0.2) is 42.5 Å². The Bertz CT molecular complexity index is 950. The van der Waals surface area contributed by atoms with Crippen LogP contribution in [-0.4, -0.2) is 34.0 Å². The summed E-state index contributed by atoms with van der Waals surface area (Å²) in [6.07, 6.45) is 0.451. The zero-order valence-corrected chi connectivity index (χ0v) is 21.1. The van der Waals surface area contributed by atoms with E-state index in [1.54, 1.807) is 41.3 Å². The Balaban J connectivity index is 2.20. The van der Waals surface area contributed by atoms with Crippen molar-refractivity contribution in [3.8, 4) is 0 Å². The molecule has 0 fully saturated rings. The van der Waals surface area contributed by atoms with Crippen LogP contribution in [0.3, 0.4) is 0 Å². The van der Waals surface area contributed by atoms with Crippen LogP contribution < -0.4 is 5.32 Å². The quantitative estimate of drug-likeness (QED) is 0.455. The first-order chi connectivity index (χ1) is 15.0. The van der Waals surface area contributed by atoms with Gasteiger partial charge in [0, 0.05) is 17.8 Å². The summed E-state index contributed by atoms with van der Waals surface area (Å²) in [5.41, 5.74) is 0.885. The number of carbonyl (C=O) groups is 2. The second-order valence-corrected chi connectivity index (χ2v) is 10.3. The molecule has 2 amide bonds. The van der Waals surface area contributed by atoms with Crippen molar-refractivity contribution in [1.82, 2.24) is 10.2 Å². The van der Waals surface area contributed by atoms with E-state index in [1.165, 1.54) is 17.8 Å². The molecule has 1 unspecified atom stereocenters. The summed E-state index contributed by atoms with van der Waals surface area (Å²) >= 11 is 13.5. The third-order valence-corrected chi connectivity index (χ3v) is 6.37. The molecule has 174 valence electrons. The molecule has 8 heteroatoms. The standard InChI is InChI=1S/C24H29Cl2FN2O2S/c1-5-21(23(31)28-24(2,3)4)29(13-16-10-11-18(25)19(26)12-16)22(30)15-32-14-17-8-6-7-9-20(17)27/h6-12,21H,5,13-15H2,1-4H3,(H,28,31). The van der Waals surface area contributed by atoms with E-state index in [0.29, 0.717) is 27.8 Å². The average Bonchev–Trinajstić information content (AvgIpc) is 2.70. The lowest BCUT2D eigenvalue weighted by Crippen LogP contribution is -2.53. The van der Waals surface area contributed by atoms with Crippen LogP contribution in [0.4, 0.5) is 4.39 Å². The Kier molecular flexibility index (Phi) is 9.86. The van der Waals surface area contributed by atoms with Gasteiger partial charge in [0.1, 0.15) is 11.9 Å². The van der Waals surface area contributed by atoms with Gasteiger partial charge in [0.2, 0.25) is 11.8 Å². The van der Waals surface area contributed by atoms with Crippen molar-refractivity contribution < 1.29 is 14.0 Å². The van der Waals surface area contributed by atoms with E-state index in [4.69, 9.17) is 23.2 Å². The average molecular weight is 499 g/mol. The summed E-state index contributed by atoms with van der Waals surface area (Å²) in [5.74, 6) is -0.226. The summed E-state index contributed by atoms with van der Waals surface area (Å²) in [6, 6.07) is 11.0. The lowest BCUT2D eigenvalue weighted by molar-refractivity contribution is -0.140. The molecular weight excluding hydrogens is 470 g/mol. The molecule has 0 aliphatic rings. The second kappa shape index (κ2) is 11.9. The Labute approximate surface area is 203 Å². The minimum Gasteiger partial charge on any atom is -0.350 e. The minimum atomic E-state index is -0.648. The van der Waals surface area contributed by atoms with E-state index in [9.17, 15) is 14.0 Å². The lowest BCUT2D eigenvalue weighted by Gasteiger charge is -2.33. The van der Waals surface area contributed by atoms with Gasteiger partial charge in [0.15, 0.2) is 0 Å². The van der Waals surface area contributed by atoms with Crippen LogP contribution in [-0.2, 0) is 21.9 Å². The normalized spacial score (nSPS) is 12.3.